The number of nitrogens with one attached hydrogen (secondary N) is 2. The van der Waals surface area contributed by atoms with Gasteiger partial charge in [0.2, 0.25) is 15.9 Å². The molecule has 0 spiro atoms. The van der Waals surface area contributed by atoms with Crippen LogP contribution in [0.3, 0.4) is 0 Å². The number of piperidine rings is 1. The van der Waals surface area contributed by atoms with Crippen molar-refractivity contribution in [3.63, 3.8) is 0 Å². The molecule has 1 heterocycles. The van der Waals surface area contributed by atoms with Crippen LogP contribution in [0.15, 0.2) is 29.2 Å². The van der Waals surface area contributed by atoms with E-state index in [2.05, 4.69) is 10.6 Å². The van der Waals surface area contributed by atoms with Crippen LogP contribution in [-0.4, -0.2) is 49.8 Å². The first-order valence-electron chi connectivity index (χ1n) is 9.04. The van der Waals surface area contributed by atoms with Gasteiger partial charge in [0.25, 0.3) is 0 Å². The predicted octanol–water partition coefficient (Wildman–Crippen LogP) is 0.957. The second-order valence-corrected chi connectivity index (χ2v) is 9.17. The summed E-state index contributed by atoms with van der Waals surface area (Å²) in [6.45, 7) is 6.20. The third-order valence-corrected chi connectivity index (χ3v) is 6.62. The minimum Gasteiger partial charge on any atom is -0.352 e. The molecule has 1 aromatic rings. The SMILES string of the molecule is Cc1ccc(S(=O)(=O)N2CCC(NC(=O)[C@H](NC(N)=O)C(C)C)CC2)cc1. The third-order valence-electron chi connectivity index (χ3n) is 4.71. The molecule has 27 heavy (non-hydrogen) atoms. The van der Waals surface area contributed by atoms with Crippen LogP contribution in [0, 0.1) is 12.8 Å². The van der Waals surface area contributed by atoms with Gasteiger partial charge >= 0.3 is 6.03 Å². The molecule has 1 atom stereocenters. The van der Waals surface area contributed by atoms with Gasteiger partial charge in [0.15, 0.2) is 0 Å². The number of hydrogen-bond acceptors (Lipinski definition) is 4. The lowest BCUT2D eigenvalue weighted by Crippen LogP contribution is -2.55. The van der Waals surface area contributed by atoms with Crippen molar-refractivity contribution in [3.8, 4) is 0 Å². The molecule has 1 fully saturated rings. The smallest absolute Gasteiger partial charge is 0.312 e. The Morgan fingerprint density at radius 1 is 1.15 bits per heavy atom. The third kappa shape index (κ3) is 5.43. The Kier molecular flexibility index (Phi) is 6.83. The van der Waals surface area contributed by atoms with Crippen LogP contribution in [0.2, 0.25) is 0 Å². The van der Waals surface area contributed by atoms with Gasteiger partial charge < -0.3 is 16.4 Å². The fourth-order valence-electron chi connectivity index (χ4n) is 3.08. The fraction of sp³-hybridized carbons (Fsp3) is 0.556. The van der Waals surface area contributed by atoms with E-state index in [0.717, 1.165) is 5.56 Å². The molecular formula is C18H28N4O4S. The lowest BCUT2D eigenvalue weighted by molar-refractivity contribution is -0.124. The van der Waals surface area contributed by atoms with Gasteiger partial charge in [-0.2, -0.15) is 4.31 Å². The van der Waals surface area contributed by atoms with Crippen molar-refractivity contribution in [2.75, 3.05) is 13.1 Å². The van der Waals surface area contributed by atoms with Crippen LogP contribution < -0.4 is 16.4 Å². The van der Waals surface area contributed by atoms with Gasteiger partial charge in [0.05, 0.1) is 4.90 Å². The van der Waals surface area contributed by atoms with Crippen molar-refractivity contribution in [2.24, 2.45) is 11.7 Å². The van der Waals surface area contributed by atoms with Gasteiger partial charge in [-0.05, 0) is 37.8 Å². The number of aryl methyl sites for hydroxylation is 1. The molecule has 1 aliphatic rings. The Labute approximate surface area is 160 Å². The normalized spacial score (nSPS) is 17.5. The summed E-state index contributed by atoms with van der Waals surface area (Å²) in [5.74, 6) is -0.414. The van der Waals surface area contributed by atoms with Crippen molar-refractivity contribution >= 4 is 22.0 Å². The van der Waals surface area contributed by atoms with Crippen LogP contribution in [0.4, 0.5) is 4.79 Å². The molecule has 0 bridgehead atoms. The number of carbonyl (C=O) groups excluding carboxylic acids is 2. The van der Waals surface area contributed by atoms with E-state index in [1.54, 1.807) is 24.3 Å². The van der Waals surface area contributed by atoms with E-state index in [1.165, 1.54) is 4.31 Å². The van der Waals surface area contributed by atoms with Crippen LogP contribution in [0.25, 0.3) is 0 Å². The number of nitrogens with two attached hydrogens (primary N) is 1. The zero-order chi connectivity index (χ0) is 20.2. The van der Waals surface area contributed by atoms with Crippen molar-refractivity contribution in [1.82, 2.24) is 14.9 Å². The number of hydrogen-bond donors (Lipinski definition) is 3. The molecule has 1 aromatic carbocycles. The summed E-state index contributed by atoms with van der Waals surface area (Å²) < 4.78 is 26.9. The van der Waals surface area contributed by atoms with E-state index in [1.807, 2.05) is 20.8 Å². The summed E-state index contributed by atoms with van der Waals surface area (Å²) in [5, 5.41) is 5.34. The van der Waals surface area contributed by atoms with Crippen molar-refractivity contribution < 1.29 is 18.0 Å². The first-order chi connectivity index (χ1) is 12.6. The number of sulfonamides is 1. The highest BCUT2D eigenvalue weighted by molar-refractivity contribution is 7.89. The van der Waals surface area contributed by atoms with Crippen molar-refractivity contribution in [1.29, 1.82) is 0 Å². The molecule has 9 heteroatoms. The Hall–Kier alpha value is -2.13. The topological polar surface area (TPSA) is 122 Å². The monoisotopic (exact) mass is 396 g/mol. The maximum absolute atomic E-state index is 12.7. The zero-order valence-corrected chi connectivity index (χ0v) is 16.8. The fourth-order valence-corrected chi connectivity index (χ4v) is 4.55. The van der Waals surface area contributed by atoms with Crippen LogP contribution in [-0.2, 0) is 14.8 Å². The maximum atomic E-state index is 12.7. The van der Waals surface area contributed by atoms with E-state index in [-0.39, 0.29) is 22.8 Å². The maximum Gasteiger partial charge on any atom is 0.312 e. The van der Waals surface area contributed by atoms with Crippen molar-refractivity contribution in [2.45, 2.75) is 50.6 Å². The molecule has 0 unspecified atom stereocenters. The van der Waals surface area contributed by atoms with Crippen molar-refractivity contribution in [3.05, 3.63) is 29.8 Å². The minimum atomic E-state index is -3.53. The van der Waals surface area contributed by atoms with Gasteiger partial charge in [0, 0.05) is 19.1 Å². The average molecular weight is 397 g/mol. The highest BCUT2D eigenvalue weighted by Gasteiger charge is 2.31. The van der Waals surface area contributed by atoms with E-state index in [4.69, 9.17) is 5.73 Å². The highest BCUT2D eigenvalue weighted by Crippen LogP contribution is 2.21. The highest BCUT2D eigenvalue weighted by atomic mass is 32.2. The molecule has 150 valence electrons. The van der Waals surface area contributed by atoms with Gasteiger partial charge in [-0.1, -0.05) is 31.5 Å². The van der Waals surface area contributed by atoms with Crippen LogP contribution in [0.5, 0.6) is 0 Å². The van der Waals surface area contributed by atoms with Gasteiger partial charge in [-0.15, -0.1) is 0 Å². The van der Waals surface area contributed by atoms with E-state index < -0.39 is 22.1 Å². The lowest BCUT2D eigenvalue weighted by atomic mass is 10.0. The summed E-state index contributed by atoms with van der Waals surface area (Å²) in [6.07, 6.45) is 1.02. The minimum absolute atomic E-state index is 0.112. The Balaban J connectivity index is 1.95. The average Bonchev–Trinajstić information content (AvgIpc) is 2.60. The number of amides is 3. The number of rotatable bonds is 6. The molecule has 0 aliphatic carbocycles. The Morgan fingerprint density at radius 3 is 2.19 bits per heavy atom. The molecule has 2 rings (SSSR count). The quantitative estimate of drug-likeness (QED) is 0.663. The number of urea groups is 1. The number of primary amides is 1. The molecule has 4 N–H and O–H groups in total. The Bertz CT molecular complexity index is 769. The second-order valence-electron chi connectivity index (χ2n) is 7.23. The Morgan fingerprint density at radius 2 is 1.70 bits per heavy atom. The van der Waals surface area contributed by atoms with E-state index in [9.17, 15) is 18.0 Å². The molecule has 3 amide bonds. The summed E-state index contributed by atoms with van der Waals surface area (Å²) in [5.41, 5.74) is 6.13. The van der Waals surface area contributed by atoms with Crippen LogP contribution in [0.1, 0.15) is 32.3 Å². The summed E-state index contributed by atoms with van der Waals surface area (Å²) in [7, 11) is -3.53. The second kappa shape index (κ2) is 8.71. The summed E-state index contributed by atoms with van der Waals surface area (Å²) in [6, 6.07) is 5.18. The van der Waals surface area contributed by atoms with E-state index in [0.29, 0.717) is 25.9 Å². The van der Waals surface area contributed by atoms with Gasteiger partial charge in [-0.3, -0.25) is 4.79 Å². The predicted molar refractivity (Wildman–Crippen MR) is 102 cm³/mol. The standard InChI is InChI=1S/C18H28N4O4S/c1-12(2)16(21-18(19)24)17(23)20-14-8-10-22(11-9-14)27(25,26)15-6-4-13(3)5-7-15/h4-7,12,14,16H,8-11H2,1-3H3,(H,20,23)(H3,19,21,24)/t16-/m1/s1. The summed E-state index contributed by atoms with van der Waals surface area (Å²) in [4.78, 5) is 23.8. The summed E-state index contributed by atoms with van der Waals surface area (Å²) >= 11 is 0. The van der Waals surface area contributed by atoms with Crippen LogP contribution >= 0.6 is 0 Å². The molecule has 0 radical (unpaired) electrons. The zero-order valence-electron chi connectivity index (χ0n) is 15.9. The number of carbonyl (C=O) groups is 2. The number of nitrogens with zero attached hydrogens (tertiary/aromatic N) is 1. The largest absolute Gasteiger partial charge is 0.352 e. The van der Waals surface area contributed by atoms with E-state index >= 15 is 0 Å². The molecule has 1 aliphatic heterocycles. The number of benzene rings is 1. The van der Waals surface area contributed by atoms with Gasteiger partial charge in [0.1, 0.15) is 6.04 Å². The molecule has 1 saturated heterocycles. The van der Waals surface area contributed by atoms with Gasteiger partial charge in [-0.25, -0.2) is 13.2 Å². The molecule has 8 nitrogen and oxygen atoms in total. The molecule has 0 saturated carbocycles. The molecule has 0 aromatic heterocycles. The first kappa shape index (κ1) is 21.2. The molecular weight excluding hydrogens is 368 g/mol. The lowest BCUT2D eigenvalue weighted by Gasteiger charge is -2.33. The first-order valence-corrected chi connectivity index (χ1v) is 10.5.